The first-order chi connectivity index (χ1) is 11.0. The van der Waals surface area contributed by atoms with Gasteiger partial charge in [-0.15, -0.1) is 0 Å². The van der Waals surface area contributed by atoms with Gasteiger partial charge in [-0.05, 0) is 30.5 Å². The van der Waals surface area contributed by atoms with Gasteiger partial charge in [0.2, 0.25) is 0 Å². The Bertz CT molecular complexity index is 628. The number of rotatable bonds is 4. The Morgan fingerprint density at radius 1 is 1.39 bits per heavy atom. The van der Waals surface area contributed by atoms with Crippen molar-refractivity contribution >= 4 is 17.7 Å². The molecular weight excluding hydrogens is 296 g/mol. The van der Waals surface area contributed by atoms with Crippen molar-refractivity contribution in [3.05, 3.63) is 29.8 Å². The van der Waals surface area contributed by atoms with Gasteiger partial charge in [0.05, 0.1) is 13.0 Å². The standard InChI is InChI=1S/C17H20N2O4/c1-13(8-9-19-10-11-22-17(19)21)23-16(20)12-14-4-6-15(7-5-14)18(2)3/h4-7,13H,10-12H2,1-3H3. The van der Waals surface area contributed by atoms with Crippen LogP contribution in [0, 0.1) is 12.0 Å². The van der Waals surface area contributed by atoms with Crippen molar-refractivity contribution in [2.24, 2.45) is 0 Å². The van der Waals surface area contributed by atoms with Crippen LogP contribution in [0.2, 0.25) is 0 Å². The molecule has 1 aliphatic rings. The third-order valence-electron chi connectivity index (χ3n) is 3.27. The van der Waals surface area contributed by atoms with E-state index in [9.17, 15) is 9.59 Å². The van der Waals surface area contributed by atoms with Crippen LogP contribution in [0.1, 0.15) is 12.5 Å². The Kier molecular flexibility index (Phi) is 5.47. The summed E-state index contributed by atoms with van der Waals surface area (Å²) < 4.78 is 9.98. The molecule has 1 amide bonds. The lowest BCUT2D eigenvalue weighted by atomic mass is 10.1. The summed E-state index contributed by atoms with van der Waals surface area (Å²) >= 11 is 0. The fourth-order valence-electron chi connectivity index (χ4n) is 2.01. The van der Waals surface area contributed by atoms with E-state index in [-0.39, 0.29) is 12.4 Å². The van der Waals surface area contributed by atoms with Gasteiger partial charge >= 0.3 is 12.1 Å². The normalized spacial score (nSPS) is 14.6. The molecule has 1 saturated heterocycles. The molecule has 0 bridgehead atoms. The fourth-order valence-corrected chi connectivity index (χ4v) is 2.01. The second kappa shape index (κ2) is 7.54. The number of hydrogen-bond acceptors (Lipinski definition) is 5. The van der Waals surface area contributed by atoms with Crippen molar-refractivity contribution in [2.75, 3.05) is 32.1 Å². The highest BCUT2D eigenvalue weighted by atomic mass is 16.6. The molecule has 122 valence electrons. The number of cyclic esters (lactones) is 1. The molecule has 6 heteroatoms. The monoisotopic (exact) mass is 316 g/mol. The molecule has 23 heavy (non-hydrogen) atoms. The van der Waals surface area contributed by atoms with E-state index in [0.717, 1.165) is 11.3 Å². The fraction of sp³-hybridized carbons (Fsp3) is 0.412. The maximum Gasteiger partial charge on any atom is 0.421 e. The van der Waals surface area contributed by atoms with Crippen LogP contribution in [0.3, 0.4) is 0 Å². The predicted molar refractivity (Wildman–Crippen MR) is 85.9 cm³/mol. The van der Waals surface area contributed by atoms with Crippen molar-refractivity contribution in [1.29, 1.82) is 0 Å². The molecule has 0 aliphatic carbocycles. The molecule has 1 aliphatic heterocycles. The van der Waals surface area contributed by atoms with Gasteiger partial charge in [0.25, 0.3) is 0 Å². The smallest absolute Gasteiger partial charge is 0.421 e. The predicted octanol–water partition coefficient (Wildman–Crippen LogP) is 1.64. The minimum atomic E-state index is -0.586. The van der Waals surface area contributed by atoms with E-state index >= 15 is 0 Å². The van der Waals surface area contributed by atoms with E-state index < -0.39 is 12.2 Å². The first-order valence-corrected chi connectivity index (χ1v) is 7.37. The highest BCUT2D eigenvalue weighted by molar-refractivity contribution is 5.73. The number of benzene rings is 1. The summed E-state index contributed by atoms with van der Waals surface area (Å²) in [5.41, 5.74) is 1.95. The van der Waals surface area contributed by atoms with Crippen molar-refractivity contribution < 1.29 is 19.1 Å². The van der Waals surface area contributed by atoms with Gasteiger partial charge in [0.1, 0.15) is 6.61 Å². The number of amides is 1. The summed E-state index contributed by atoms with van der Waals surface area (Å²) in [7, 11) is 3.92. The zero-order valence-corrected chi connectivity index (χ0v) is 13.5. The summed E-state index contributed by atoms with van der Waals surface area (Å²) in [4.78, 5) is 26.4. The molecule has 0 spiro atoms. The second-order valence-corrected chi connectivity index (χ2v) is 5.39. The molecule has 1 unspecified atom stereocenters. The first kappa shape index (κ1) is 16.7. The van der Waals surface area contributed by atoms with E-state index in [2.05, 4.69) is 12.0 Å². The van der Waals surface area contributed by atoms with Gasteiger partial charge in [0, 0.05) is 25.8 Å². The average molecular weight is 316 g/mol. The van der Waals surface area contributed by atoms with E-state index in [4.69, 9.17) is 9.47 Å². The summed E-state index contributed by atoms with van der Waals surface area (Å²) in [5.74, 6) is 2.37. The molecule has 1 heterocycles. The summed E-state index contributed by atoms with van der Waals surface area (Å²) in [6, 6.07) is 10.3. The lowest BCUT2D eigenvalue weighted by Gasteiger charge is -2.13. The van der Waals surface area contributed by atoms with Crippen LogP contribution in [0.4, 0.5) is 10.5 Å². The Hall–Kier alpha value is -2.68. The average Bonchev–Trinajstić information content (AvgIpc) is 2.91. The number of esters is 1. The van der Waals surface area contributed by atoms with E-state index in [0.29, 0.717) is 13.2 Å². The number of carbonyl (C=O) groups is 2. The molecule has 6 nitrogen and oxygen atoms in total. The largest absolute Gasteiger partial charge is 0.449 e. The van der Waals surface area contributed by atoms with Crippen LogP contribution in [0.25, 0.3) is 0 Å². The number of nitrogens with zero attached hydrogens (tertiary/aromatic N) is 2. The van der Waals surface area contributed by atoms with Crippen LogP contribution >= 0.6 is 0 Å². The van der Waals surface area contributed by atoms with Crippen molar-refractivity contribution in [3.8, 4) is 12.0 Å². The zero-order chi connectivity index (χ0) is 16.8. The lowest BCUT2D eigenvalue weighted by molar-refractivity contribution is -0.144. The number of carbonyl (C=O) groups excluding carboxylic acids is 2. The van der Waals surface area contributed by atoms with Gasteiger partial charge in [-0.1, -0.05) is 12.1 Å². The van der Waals surface area contributed by atoms with Crippen LogP contribution in [-0.2, 0) is 20.7 Å². The maximum absolute atomic E-state index is 11.9. The number of hydrogen-bond donors (Lipinski definition) is 0. The molecule has 1 atom stereocenters. The van der Waals surface area contributed by atoms with Crippen molar-refractivity contribution in [1.82, 2.24) is 4.90 Å². The van der Waals surface area contributed by atoms with Crippen molar-refractivity contribution in [3.63, 3.8) is 0 Å². The third kappa shape index (κ3) is 4.92. The third-order valence-corrected chi connectivity index (χ3v) is 3.27. The Morgan fingerprint density at radius 2 is 2.09 bits per heavy atom. The molecule has 1 fully saturated rings. The van der Waals surface area contributed by atoms with Gasteiger partial charge in [-0.2, -0.15) is 0 Å². The summed E-state index contributed by atoms with van der Waals surface area (Å²) in [6.45, 7) is 2.44. The zero-order valence-electron chi connectivity index (χ0n) is 13.5. The molecule has 1 aromatic rings. The lowest BCUT2D eigenvalue weighted by Crippen LogP contribution is -2.20. The summed E-state index contributed by atoms with van der Waals surface area (Å²) in [6.07, 6.45) is -0.861. The van der Waals surface area contributed by atoms with Crippen molar-refractivity contribution in [2.45, 2.75) is 19.4 Å². The van der Waals surface area contributed by atoms with Crippen LogP contribution in [-0.4, -0.2) is 50.3 Å². The molecule has 0 aromatic heterocycles. The molecule has 0 saturated carbocycles. The van der Waals surface area contributed by atoms with Gasteiger partial charge in [-0.3, -0.25) is 4.79 Å². The van der Waals surface area contributed by atoms with Gasteiger partial charge in [-0.25, -0.2) is 9.69 Å². The molecule has 2 rings (SSSR count). The van der Waals surface area contributed by atoms with Crippen LogP contribution in [0.5, 0.6) is 0 Å². The molecule has 0 N–H and O–H groups in total. The maximum atomic E-state index is 11.9. The Labute approximate surface area is 136 Å². The van der Waals surface area contributed by atoms with Crippen LogP contribution in [0.15, 0.2) is 24.3 Å². The first-order valence-electron chi connectivity index (χ1n) is 7.37. The van der Waals surface area contributed by atoms with E-state index in [1.165, 1.54) is 4.90 Å². The van der Waals surface area contributed by atoms with E-state index in [1.54, 1.807) is 6.92 Å². The minimum absolute atomic E-state index is 0.186. The van der Waals surface area contributed by atoms with E-state index in [1.807, 2.05) is 43.3 Å². The van der Waals surface area contributed by atoms with Gasteiger partial charge in [0.15, 0.2) is 6.10 Å². The quantitative estimate of drug-likeness (QED) is 0.624. The van der Waals surface area contributed by atoms with Crippen LogP contribution < -0.4 is 4.90 Å². The topological polar surface area (TPSA) is 59.1 Å². The highest BCUT2D eigenvalue weighted by Gasteiger charge is 2.20. The van der Waals surface area contributed by atoms with Gasteiger partial charge < -0.3 is 14.4 Å². The second-order valence-electron chi connectivity index (χ2n) is 5.39. The molecular formula is C17H20N2O4. The molecule has 1 aromatic carbocycles. The molecule has 0 radical (unpaired) electrons. The Balaban J connectivity index is 1.84. The number of ether oxygens (including phenoxy) is 2. The highest BCUT2D eigenvalue weighted by Crippen LogP contribution is 2.13. The minimum Gasteiger partial charge on any atom is -0.449 e. The Morgan fingerprint density at radius 3 is 2.65 bits per heavy atom. The SMILES string of the molecule is CC(C#CN1CCOC1=O)OC(=O)Cc1ccc(N(C)C)cc1. The number of anilines is 1. The summed E-state index contributed by atoms with van der Waals surface area (Å²) in [5, 5.41) is 0.